The lowest BCUT2D eigenvalue weighted by Gasteiger charge is -2.30. The molecule has 1 atom stereocenters. The zero-order chi connectivity index (χ0) is 21.9. The summed E-state index contributed by atoms with van der Waals surface area (Å²) in [5.74, 6) is 1.13. The molecule has 1 N–H and O–H groups in total. The van der Waals surface area contributed by atoms with E-state index in [1.54, 1.807) is 23.1 Å². The molecule has 162 valence electrons. The molecular weight excluding hydrogens is 429 g/mol. The maximum Gasteiger partial charge on any atom is 0.254 e. The second kappa shape index (κ2) is 9.33. The zero-order valence-corrected chi connectivity index (χ0v) is 18.7. The zero-order valence-electron chi connectivity index (χ0n) is 17.2. The number of rotatable bonds is 7. The van der Waals surface area contributed by atoms with E-state index in [4.69, 9.17) is 37.4 Å². The molecule has 3 rings (SSSR count). The highest BCUT2D eigenvalue weighted by atomic mass is 35.5. The number of methoxy groups -OCH3 is 3. The van der Waals surface area contributed by atoms with Crippen molar-refractivity contribution in [3.8, 4) is 17.2 Å². The molecular formula is C22H25Cl2NO5. The van der Waals surface area contributed by atoms with Gasteiger partial charge in [0.15, 0.2) is 11.5 Å². The Labute approximate surface area is 186 Å². The van der Waals surface area contributed by atoms with E-state index in [0.717, 1.165) is 5.56 Å². The molecule has 0 bridgehead atoms. The quantitative estimate of drug-likeness (QED) is 0.680. The topological polar surface area (TPSA) is 68.2 Å². The number of benzene rings is 2. The SMILES string of the molecule is COc1cc(C(=O)N2CC[C@@](CCO)(c3ccc(Cl)c(Cl)c3)C2)cc(OC)c1OC. The van der Waals surface area contributed by atoms with Gasteiger partial charge in [0.05, 0.1) is 31.4 Å². The summed E-state index contributed by atoms with van der Waals surface area (Å²) in [5.41, 5.74) is 1.02. The smallest absolute Gasteiger partial charge is 0.254 e. The number of ether oxygens (including phenoxy) is 3. The van der Waals surface area contributed by atoms with E-state index in [1.165, 1.54) is 21.3 Å². The molecule has 0 spiro atoms. The molecule has 6 nitrogen and oxygen atoms in total. The number of nitrogens with zero attached hydrogens (tertiary/aromatic N) is 1. The van der Waals surface area contributed by atoms with Crippen molar-refractivity contribution >= 4 is 29.1 Å². The van der Waals surface area contributed by atoms with Gasteiger partial charge in [-0.2, -0.15) is 0 Å². The van der Waals surface area contributed by atoms with Crippen LogP contribution < -0.4 is 14.2 Å². The molecule has 2 aromatic rings. The molecule has 0 aliphatic carbocycles. The van der Waals surface area contributed by atoms with Gasteiger partial charge in [0.2, 0.25) is 5.75 Å². The molecule has 1 amide bonds. The van der Waals surface area contributed by atoms with Crippen LogP contribution in [-0.2, 0) is 5.41 Å². The molecule has 0 radical (unpaired) electrons. The Morgan fingerprint density at radius 2 is 1.73 bits per heavy atom. The number of hydrogen-bond donors (Lipinski definition) is 1. The van der Waals surface area contributed by atoms with Crippen molar-refractivity contribution in [2.75, 3.05) is 41.0 Å². The Balaban J connectivity index is 1.92. The third-order valence-electron chi connectivity index (χ3n) is 5.68. The van der Waals surface area contributed by atoms with Gasteiger partial charge in [0.1, 0.15) is 0 Å². The predicted octanol–water partition coefficient (Wildman–Crippen LogP) is 4.19. The molecule has 0 unspecified atom stereocenters. The van der Waals surface area contributed by atoms with Gasteiger partial charge in [-0.05, 0) is 42.7 Å². The van der Waals surface area contributed by atoms with Crippen LogP contribution in [0.5, 0.6) is 17.2 Å². The van der Waals surface area contributed by atoms with E-state index >= 15 is 0 Å². The van der Waals surface area contributed by atoms with E-state index in [0.29, 0.717) is 58.8 Å². The van der Waals surface area contributed by atoms with Crippen LogP contribution in [-0.4, -0.2) is 56.9 Å². The maximum absolute atomic E-state index is 13.3. The van der Waals surface area contributed by atoms with E-state index < -0.39 is 0 Å². The van der Waals surface area contributed by atoms with Crippen molar-refractivity contribution in [2.24, 2.45) is 0 Å². The molecule has 0 saturated carbocycles. The third kappa shape index (κ3) is 4.17. The van der Waals surface area contributed by atoms with Crippen LogP contribution in [0.25, 0.3) is 0 Å². The Bertz CT molecular complexity index is 911. The lowest BCUT2D eigenvalue weighted by Crippen LogP contribution is -2.35. The normalized spacial score (nSPS) is 18.4. The Hall–Kier alpha value is -2.15. The minimum absolute atomic E-state index is 0.00641. The van der Waals surface area contributed by atoms with Crippen LogP contribution in [0.3, 0.4) is 0 Å². The number of halogens is 2. The second-order valence-electron chi connectivity index (χ2n) is 7.27. The number of aliphatic hydroxyl groups is 1. The van der Waals surface area contributed by atoms with E-state index in [2.05, 4.69) is 0 Å². The molecule has 1 saturated heterocycles. The third-order valence-corrected chi connectivity index (χ3v) is 6.41. The first kappa shape index (κ1) is 22.5. The van der Waals surface area contributed by atoms with Gasteiger partial charge >= 0.3 is 0 Å². The largest absolute Gasteiger partial charge is 0.493 e. The molecule has 1 fully saturated rings. The maximum atomic E-state index is 13.3. The summed E-state index contributed by atoms with van der Waals surface area (Å²) < 4.78 is 16.1. The highest BCUT2D eigenvalue weighted by molar-refractivity contribution is 6.42. The van der Waals surface area contributed by atoms with Gasteiger partial charge in [-0.1, -0.05) is 29.3 Å². The van der Waals surface area contributed by atoms with E-state index in [9.17, 15) is 9.90 Å². The van der Waals surface area contributed by atoms with Crippen molar-refractivity contribution in [1.29, 1.82) is 0 Å². The summed E-state index contributed by atoms with van der Waals surface area (Å²) in [4.78, 5) is 15.1. The van der Waals surface area contributed by atoms with Crippen LogP contribution in [0, 0.1) is 0 Å². The van der Waals surface area contributed by atoms with Crippen molar-refractivity contribution in [1.82, 2.24) is 4.90 Å². The summed E-state index contributed by atoms with van der Waals surface area (Å²) in [6.45, 7) is 1.02. The molecule has 2 aromatic carbocycles. The Kier molecular flexibility index (Phi) is 7.01. The summed E-state index contributed by atoms with van der Waals surface area (Å²) in [5, 5.41) is 10.6. The number of carbonyl (C=O) groups excluding carboxylic acids is 1. The van der Waals surface area contributed by atoms with Crippen LogP contribution >= 0.6 is 23.2 Å². The number of amides is 1. The van der Waals surface area contributed by atoms with Gasteiger partial charge in [-0.3, -0.25) is 4.79 Å². The average molecular weight is 454 g/mol. The second-order valence-corrected chi connectivity index (χ2v) is 8.09. The molecule has 8 heteroatoms. The standard InChI is InChI=1S/C22H25Cl2NO5/c1-28-18-10-14(11-19(29-2)20(18)30-3)21(27)25-8-6-22(13-25,7-9-26)15-4-5-16(23)17(24)12-15/h4-5,10-12,26H,6-9,13H2,1-3H3/t22-/m0/s1. The van der Waals surface area contributed by atoms with Gasteiger partial charge < -0.3 is 24.2 Å². The summed E-state index contributed by atoms with van der Waals surface area (Å²) in [6, 6.07) is 8.79. The van der Waals surface area contributed by atoms with Gasteiger partial charge in [-0.15, -0.1) is 0 Å². The number of aliphatic hydroxyl groups excluding tert-OH is 1. The molecule has 1 aliphatic heterocycles. The highest BCUT2D eigenvalue weighted by Crippen LogP contribution is 2.42. The Morgan fingerprint density at radius 1 is 1.07 bits per heavy atom. The van der Waals surface area contributed by atoms with Crippen molar-refractivity contribution in [3.05, 3.63) is 51.5 Å². The van der Waals surface area contributed by atoms with E-state index in [1.807, 2.05) is 12.1 Å². The monoisotopic (exact) mass is 453 g/mol. The van der Waals surface area contributed by atoms with Crippen LogP contribution in [0.2, 0.25) is 10.0 Å². The van der Waals surface area contributed by atoms with Crippen molar-refractivity contribution in [3.63, 3.8) is 0 Å². The van der Waals surface area contributed by atoms with Crippen molar-refractivity contribution < 1.29 is 24.1 Å². The first-order valence-corrected chi connectivity index (χ1v) is 10.3. The summed E-state index contributed by atoms with van der Waals surface area (Å²) in [7, 11) is 4.54. The number of carbonyl (C=O) groups is 1. The molecule has 1 heterocycles. The predicted molar refractivity (Wildman–Crippen MR) is 116 cm³/mol. The van der Waals surface area contributed by atoms with Crippen LogP contribution in [0.4, 0.5) is 0 Å². The average Bonchev–Trinajstić information content (AvgIpc) is 3.19. The molecule has 30 heavy (non-hydrogen) atoms. The summed E-state index contributed by atoms with van der Waals surface area (Å²) in [6.07, 6.45) is 1.23. The van der Waals surface area contributed by atoms with Crippen LogP contribution in [0.1, 0.15) is 28.8 Å². The fourth-order valence-corrected chi connectivity index (χ4v) is 4.36. The van der Waals surface area contributed by atoms with Crippen LogP contribution in [0.15, 0.2) is 30.3 Å². The minimum atomic E-state index is -0.390. The first-order valence-electron chi connectivity index (χ1n) is 9.54. The minimum Gasteiger partial charge on any atom is -0.493 e. The lowest BCUT2D eigenvalue weighted by atomic mass is 9.77. The van der Waals surface area contributed by atoms with Gasteiger partial charge in [-0.25, -0.2) is 0 Å². The van der Waals surface area contributed by atoms with Gasteiger partial charge in [0, 0.05) is 30.7 Å². The molecule has 1 aliphatic rings. The lowest BCUT2D eigenvalue weighted by molar-refractivity contribution is 0.0778. The van der Waals surface area contributed by atoms with Gasteiger partial charge in [0.25, 0.3) is 5.91 Å². The van der Waals surface area contributed by atoms with E-state index in [-0.39, 0.29) is 17.9 Å². The fourth-order valence-electron chi connectivity index (χ4n) is 4.06. The Morgan fingerprint density at radius 3 is 2.27 bits per heavy atom. The summed E-state index contributed by atoms with van der Waals surface area (Å²) >= 11 is 12.3. The molecule has 0 aromatic heterocycles. The fraction of sp³-hybridized carbons (Fsp3) is 0.409. The first-order chi connectivity index (χ1) is 14.4. The number of hydrogen-bond acceptors (Lipinski definition) is 5. The number of likely N-dealkylation sites (tertiary alicyclic amines) is 1. The van der Waals surface area contributed by atoms with Crippen molar-refractivity contribution in [2.45, 2.75) is 18.3 Å². The highest BCUT2D eigenvalue weighted by Gasteiger charge is 2.41.